The highest BCUT2D eigenvalue weighted by atomic mass is 16.2. The van der Waals surface area contributed by atoms with E-state index >= 15 is 0 Å². The van der Waals surface area contributed by atoms with Crippen LogP contribution in [0.2, 0.25) is 0 Å². The van der Waals surface area contributed by atoms with Crippen LogP contribution in [-0.4, -0.2) is 43.0 Å². The molecule has 4 nitrogen and oxygen atoms in total. The van der Waals surface area contributed by atoms with Gasteiger partial charge in [0.2, 0.25) is 5.91 Å². The van der Waals surface area contributed by atoms with Gasteiger partial charge >= 0.3 is 0 Å². The van der Waals surface area contributed by atoms with E-state index in [2.05, 4.69) is 24.2 Å². The van der Waals surface area contributed by atoms with Crippen LogP contribution in [0.5, 0.6) is 0 Å². The van der Waals surface area contributed by atoms with E-state index in [1.54, 1.807) is 0 Å². The highest BCUT2D eigenvalue weighted by molar-refractivity contribution is 5.81. The first-order chi connectivity index (χ1) is 7.54. The van der Waals surface area contributed by atoms with Crippen LogP contribution in [0, 0.1) is 5.92 Å². The lowest BCUT2D eigenvalue weighted by molar-refractivity contribution is -0.123. The van der Waals surface area contributed by atoms with Gasteiger partial charge in [-0.1, -0.05) is 20.3 Å². The molecule has 3 unspecified atom stereocenters. The number of piperidine rings is 1. The number of nitrogens with two attached hydrogens (primary N) is 1. The van der Waals surface area contributed by atoms with E-state index in [1.807, 2.05) is 6.92 Å². The van der Waals surface area contributed by atoms with E-state index in [-0.39, 0.29) is 11.9 Å². The molecule has 3 N–H and O–H groups in total. The lowest BCUT2D eigenvalue weighted by atomic mass is 9.94. The third-order valence-corrected chi connectivity index (χ3v) is 3.37. The Morgan fingerprint density at radius 3 is 2.88 bits per heavy atom. The van der Waals surface area contributed by atoms with Crippen molar-refractivity contribution in [3.63, 3.8) is 0 Å². The number of nitrogens with one attached hydrogen (secondary N) is 1. The lowest BCUT2D eigenvalue weighted by Gasteiger charge is -2.35. The molecule has 0 aromatic carbocycles. The summed E-state index contributed by atoms with van der Waals surface area (Å²) in [4.78, 5) is 14.1. The molecule has 1 aliphatic heterocycles. The van der Waals surface area contributed by atoms with E-state index in [1.165, 1.54) is 0 Å². The van der Waals surface area contributed by atoms with Crippen molar-refractivity contribution in [3.05, 3.63) is 0 Å². The van der Waals surface area contributed by atoms with Gasteiger partial charge in [0, 0.05) is 12.6 Å². The van der Waals surface area contributed by atoms with Crippen molar-refractivity contribution in [1.29, 1.82) is 0 Å². The van der Waals surface area contributed by atoms with Gasteiger partial charge in [0.15, 0.2) is 0 Å². The van der Waals surface area contributed by atoms with Crippen molar-refractivity contribution in [2.24, 2.45) is 11.7 Å². The molecule has 1 aliphatic rings. The van der Waals surface area contributed by atoms with Crippen molar-refractivity contribution in [1.82, 2.24) is 10.2 Å². The molecule has 0 spiro atoms. The summed E-state index contributed by atoms with van der Waals surface area (Å²) in [6.07, 6.45) is 2.76. The fraction of sp³-hybridized carbons (Fsp3) is 0.917. The Balaban J connectivity index is 2.38. The van der Waals surface area contributed by atoms with Gasteiger partial charge in [-0.05, 0) is 32.4 Å². The summed E-state index contributed by atoms with van der Waals surface area (Å²) in [5, 5.41) is 3.08. The Morgan fingerprint density at radius 2 is 2.31 bits per heavy atom. The molecule has 0 aromatic heterocycles. The molecule has 0 saturated carbocycles. The fourth-order valence-electron chi connectivity index (χ4n) is 2.30. The number of likely N-dealkylation sites (tertiary alicyclic amines) is 1. The van der Waals surface area contributed by atoms with Crippen molar-refractivity contribution in [3.8, 4) is 0 Å². The molecule has 0 aromatic rings. The summed E-state index contributed by atoms with van der Waals surface area (Å²) in [5.41, 5.74) is 5.80. The predicted molar refractivity (Wildman–Crippen MR) is 66.1 cm³/mol. The average molecular weight is 227 g/mol. The second kappa shape index (κ2) is 6.21. The van der Waals surface area contributed by atoms with E-state index in [4.69, 9.17) is 5.73 Å². The van der Waals surface area contributed by atoms with Gasteiger partial charge < -0.3 is 16.0 Å². The van der Waals surface area contributed by atoms with Crippen LogP contribution < -0.4 is 11.1 Å². The molecule has 4 heteroatoms. The Hall–Kier alpha value is -0.610. The Labute approximate surface area is 98.6 Å². The van der Waals surface area contributed by atoms with Gasteiger partial charge in [0.05, 0.1) is 6.04 Å². The van der Waals surface area contributed by atoms with E-state index in [0.29, 0.717) is 12.0 Å². The third kappa shape index (κ3) is 3.76. The molecular weight excluding hydrogens is 202 g/mol. The van der Waals surface area contributed by atoms with Crippen LogP contribution in [0.25, 0.3) is 0 Å². The number of hydrogen-bond donors (Lipinski definition) is 2. The molecule has 94 valence electrons. The molecular formula is C12H25N3O. The molecule has 1 heterocycles. The third-order valence-electron chi connectivity index (χ3n) is 3.37. The molecule has 1 rings (SSSR count). The van der Waals surface area contributed by atoms with Gasteiger partial charge in [0.1, 0.15) is 0 Å². The Bertz CT molecular complexity index is 232. The smallest absolute Gasteiger partial charge is 0.237 e. The maximum Gasteiger partial charge on any atom is 0.237 e. The number of amides is 1. The molecule has 0 radical (unpaired) electrons. The van der Waals surface area contributed by atoms with Gasteiger partial charge in [0.25, 0.3) is 0 Å². The number of hydrogen-bond acceptors (Lipinski definition) is 3. The second-order valence-corrected chi connectivity index (χ2v) is 5.04. The van der Waals surface area contributed by atoms with Crippen molar-refractivity contribution in [2.45, 2.75) is 45.2 Å². The average Bonchev–Trinajstić information content (AvgIpc) is 2.22. The molecule has 3 atom stereocenters. The molecule has 1 amide bonds. The van der Waals surface area contributed by atoms with E-state index in [0.717, 1.165) is 32.4 Å². The van der Waals surface area contributed by atoms with Crippen LogP contribution in [0.3, 0.4) is 0 Å². The Kier molecular flexibility index (Phi) is 5.22. The first-order valence-electron chi connectivity index (χ1n) is 6.29. The number of rotatable bonds is 4. The minimum absolute atomic E-state index is 0.0169. The minimum atomic E-state index is -0.336. The summed E-state index contributed by atoms with van der Waals surface area (Å²) in [7, 11) is 2.12. The summed E-state index contributed by atoms with van der Waals surface area (Å²) < 4.78 is 0. The quantitative estimate of drug-likeness (QED) is 0.738. The monoisotopic (exact) mass is 227 g/mol. The lowest BCUT2D eigenvalue weighted by Crippen LogP contribution is -2.52. The highest BCUT2D eigenvalue weighted by Gasteiger charge is 2.26. The van der Waals surface area contributed by atoms with Crippen molar-refractivity contribution >= 4 is 5.91 Å². The first kappa shape index (κ1) is 13.5. The zero-order valence-corrected chi connectivity index (χ0v) is 10.7. The number of nitrogens with zero attached hydrogens (tertiary/aromatic N) is 1. The normalized spacial score (nSPS) is 28.8. The largest absolute Gasteiger partial charge is 0.352 e. The summed E-state index contributed by atoms with van der Waals surface area (Å²) in [5.74, 6) is 0.528. The molecule has 16 heavy (non-hydrogen) atoms. The maximum absolute atomic E-state index is 11.8. The number of carbonyl (C=O) groups excluding carboxylic acids is 1. The van der Waals surface area contributed by atoms with Crippen LogP contribution in [-0.2, 0) is 4.79 Å². The molecule has 0 bridgehead atoms. The van der Waals surface area contributed by atoms with E-state index in [9.17, 15) is 4.79 Å². The van der Waals surface area contributed by atoms with Gasteiger partial charge in [-0.3, -0.25) is 4.79 Å². The second-order valence-electron chi connectivity index (χ2n) is 5.04. The molecule has 1 saturated heterocycles. The molecule has 0 aliphatic carbocycles. The minimum Gasteiger partial charge on any atom is -0.352 e. The van der Waals surface area contributed by atoms with Crippen molar-refractivity contribution < 1.29 is 4.79 Å². The van der Waals surface area contributed by atoms with Gasteiger partial charge in [-0.25, -0.2) is 0 Å². The maximum atomic E-state index is 11.8. The van der Waals surface area contributed by atoms with Crippen LogP contribution in [0.15, 0.2) is 0 Å². The standard InChI is InChI=1S/C12H25N3O/c1-4-5-10(13)12(16)14-11-6-7-15(3)8-9(11)2/h9-11H,4-8,13H2,1-3H3,(H,14,16). The summed E-state index contributed by atoms with van der Waals surface area (Å²) >= 11 is 0. The SMILES string of the molecule is CCCC(N)C(=O)NC1CCN(C)CC1C. The molecule has 1 fully saturated rings. The first-order valence-corrected chi connectivity index (χ1v) is 6.29. The topological polar surface area (TPSA) is 58.4 Å². The number of carbonyl (C=O) groups is 1. The summed E-state index contributed by atoms with van der Waals surface area (Å²) in [6, 6.07) is -0.0385. The highest BCUT2D eigenvalue weighted by Crippen LogP contribution is 2.15. The fourth-order valence-corrected chi connectivity index (χ4v) is 2.30. The predicted octanol–water partition coefficient (Wildman–Crippen LogP) is 0.570. The van der Waals surface area contributed by atoms with Crippen molar-refractivity contribution in [2.75, 3.05) is 20.1 Å². The Morgan fingerprint density at radius 1 is 1.62 bits per heavy atom. The summed E-state index contributed by atoms with van der Waals surface area (Å²) in [6.45, 7) is 6.34. The van der Waals surface area contributed by atoms with Gasteiger partial charge in [-0.15, -0.1) is 0 Å². The zero-order valence-electron chi connectivity index (χ0n) is 10.7. The van der Waals surface area contributed by atoms with E-state index < -0.39 is 0 Å². The van der Waals surface area contributed by atoms with Gasteiger partial charge in [-0.2, -0.15) is 0 Å². The zero-order chi connectivity index (χ0) is 12.1. The van der Waals surface area contributed by atoms with Crippen LogP contribution in [0.1, 0.15) is 33.1 Å². The van der Waals surface area contributed by atoms with Crippen LogP contribution in [0.4, 0.5) is 0 Å². The van der Waals surface area contributed by atoms with Crippen LogP contribution >= 0.6 is 0 Å².